The molecule has 4 amide bonds. The van der Waals surface area contributed by atoms with Crippen LogP contribution >= 0.6 is 0 Å². The molecule has 0 radical (unpaired) electrons. The van der Waals surface area contributed by atoms with Crippen LogP contribution in [0.4, 0.5) is 4.79 Å². The van der Waals surface area contributed by atoms with E-state index < -0.39 is 42.0 Å². The molecule has 142 valence electrons. The normalized spacial score (nSPS) is 20.5. The number of primary amides is 1. The highest BCUT2D eigenvalue weighted by Gasteiger charge is 2.35. The molecule has 2 unspecified atom stereocenters. The Bertz CT molecular complexity index is 524. The van der Waals surface area contributed by atoms with Gasteiger partial charge in [0.2, 0.25) is 17.7 Å². The molecule has 0 aromatic carbocycles. The maximum atomic E-state index is 12.4. The summed E-state index contributed by atoms with van der Waals surface area (Å²) in [5, 5.41) is 26.1. The van der Waals surface area contributed by atoms with Crippen LogP contribution in [-0.2, 0) is 14.4 Å². The third-order valence-electron chi connectivity index (χ3n) is 4.02. The molecule has 1 fully saturated rings. The molecule has 0 aromatic heterocycles. The van der Waals surface area contributed by atoms with Crippen molar-refractivity contribution in [2.45, 2.75) is 51.3 Å². The Balaban J connectivity index is 2.85. The molecule has 0 spiro atoms. The summed E-state index contributed by atoms with van der Waals surface area (Å²) < 4.78 is 0. The lowest BCUT2D eigenvalue weighted by molar-refractivity contribution is -0.132. The molecule has 1 saturated heterocycles. The number of carbonyl (C=O) groups is 4. The average Bonchev–Trinajstić information content (AvgIpc) is 2.89. The van der Waals surface area contributed by atoms with Crippen LogP contribution in [0.3, 0.4) is 0 Å². The van der Waals surface area contributed by atoms with E-state index in [1.165, 1.54) is 0 Å². The first kappa shape index (κ1) is 20.7. The largest absolute Gasteiger partial charge is 0.465 e. The summed E-state index contributed by atoms with van der Waals surface area (Å²) in [7, 11) is 0. The number of carbonyl (C=O) groups excluding carboxylic acids is 3. The van der Waals surface area contributed by atoms with E-state index in [1.807, 2.05) is 13.8 Å². The van der Waals surface area contributed by atoms with E-state index in [9.17, 15) is 24.3 Å². The van der Waals surface area contributed by atoms with Gasteiger partial charge < -0.3 is 31.9 Å². The zero-order chi connectivity index (χ0) is 19.1. The van der Waals surface area contributed by atoms with Crippen molar-refractivity contribution in [1.82, 2.24) is 16.0 Å². The standard InChI is InChI=1S/C15H26N4O6/c1-7(2)5-10(19-15(24)25)14(23)18-9(11(20)12(16)21)6-8-3-4-17-13(8)22/h7-11,19-20H,3-6H2,1-2H3,(H2,16,21)(H,17,22)(H,18,23)(H,24,25)/t8?,9-,10-,11?/m0/s1. The van der Waals surface area contributed by atoms with Crippen LogP contribution in [-0.4, -0.2) is 58.8 Å². The fraction of sp³-hybridized carbons (Fsp3) is 0.733. The van der Waals surface area contributed by atoms with E-state index >= 15 is 0 Å². The molecule has 10 heteroatoms. The van der Waals surface area contributed by atoms with Crippen molar-refractivity contribution < 1.29 is 29.4 Å². The van der Waals surface area contributed by atoms with Crippen LogP contribution in [0.1, 0.15) is 33.1 Å². The average molecular weight is 358 g/mol. The topological polar surface area (TPSA) is 171 Å². The highest BCUT2D eigenvalue weighted by atomic mass is 16.4. The predicted molar refractivity (Wildman–Crippen MR) is 87.3 cm³/mol. The monoisotopic (exact) mass is 358 g/mol. The molecular weight excluding hydrogens is 332 g/mol. The van der Waals surface area contributed by atoms with Gasteiger partial charge in [-0.2, -0.15) is 0 Å². The first-order chi connectivity index (χ1) is 11.6. The molecule has 0 aliphatic carbocycles. The maximum absolute atomic E-state index is 12.4. The number of hydrogen-bond acceptors (Lipinski definition) is 5. The highest BCUT2D eigenvalue weighted by Crippen LogP contribution is 2.18. The first-order valence-electron chi connectivity index (χ1n) is 8.16. The number of amides is 4. The fourth-order valence-corrected chi connectivity index (χ4v) is 2.78. The number of aliphatic hydroxyl groups excluding tert-OH is 1. The zero-order valence-electron chi connectivity index (χ0n) is 14.3. The molecule has 1 heterocycles. The lowest BCUT2D eigenvalue weighted by atomic mass is 9.94. The lowest BCUT2D eigenvalue weighted by Gasteiger charge is -2.27. The number of carboxylic acid groups (broad SMARTS) is 1. The molecule has 0 aromatic rings. The molecule has 4 atom stereocenters. The minimum Gasteiger partial charge on any atom is -0.465 e. The second-order valence-corrected chi connectivity index (χ2v) is 6.61. The Hall–Kier alpha value is -2.36. The second-order valence-electron chi connectivity index (χ2n) is 6.61. The van der Waals surface area contributed by atoms with Crippen molar-refractivity contribution in [1.29, 1.82) is 0 Å². The molecule has 25 heavy (non-hydrogen) atoms. The van der Waals surface area contributed by atoms with Crippen LogP contribution in [0, 0.1) is 11.8 Å². The third kappa shape index (κ3) is 6.57. The Kier molecular flexibility index (Phi) is 7.62. The molecule has 10 nitrogen and oxygen atoms in total. The summed E-state index contributed by atoms with van der Waals surface area (Å²) in [6, 6.07) is -2.12. The maximum Gasteiger partial charge on any atom is 0.405 e. The van der Waals surface area contributed by atoms with Crippen LogP contribution in [0.2, 0.25) is 0 Å². The number of nitrogens with one attached hydrogen (secondary N) is 3. The minimum atomic E-state index is -1.68. The summed E-state index contributed by atoms with van der Waals surface area (Å²) in [5.74, 6) is -2.37. The summed E-state index contributed by atoms with van der Waals surface area (Å²) in [6.07, 6.45) is -2.26. The van der Waals surface area contributed by atoms with E-state index in [2.05, 4.69) is 16.0 Å². The lowest BCUT2D eigenvalue weighted by Crippen LogP contribution is -2.55. The third-order valence-corrected chi connectivity index (χ3v) is 4.02. The van der Waals surface area contributed by atoms with E-state index in [0.717, 1.165) is 0 Å². The minimum absolute atomic E-state index is 0.0303. The summed E-state index contributed by atoms with van der Waals surface area (Å²) in [6.45, 7) is 4.12. The van der Waals surface area contributed by atoms with Crippen LogP contribution in [0.15, 0.2) is 0 Å². The van der Waals surface area contributed by atoms with Gasteiger partial charge in [0, 0.05) is 12.5 Å². The number of aliphatic hydroxyl groups is 1. The summed E-state index contributed by atoms with van der Waals surface area (Å²) >= 11 is 0. The SMILES string of the molecule is CC(C)C[C@H](NC(=O)O)C(=O)N[C@@H](CC1CCNC1=O)C(O)C(N)=O. The van der Waals surface area contributed by atoms with Crippen molar-refractivity contribution in [3.8, 4) is 0 Å². The van der Waals surface area contributed by atoms with E-state index in [1.54, 1.807) is 0 Å². The van der Waals surface area contributed by atoms with Crippen molar-refractivity contribution in [3.63, 3.8) is 0 Å². The molecule has 0 saturated carbocycles. The van der Waals surface area contributed by atoms with Crippen LogP contribution in [0.25, 0.3) is 0 Å². The van der Waals surface area contributed by atoms with Crippen molar-refractivity contribution in [2.24, 2.45) is 17.6 Å². The van der Waals surface area contributed by atoms with Gasteiger partial charge in [-0.25, -0.2) is 4.79 Å². The summed E-state index contributed by atoms with van der Waals surface area (Å²) in [4.78, 5) is 46.3. The van der Waals surface area contributed by atoms with Crippen molar-refractivity contribution in [2.75, 3.05) is 6.54 Å². The highest BCUT2D eigenvalue weighted by molar-refractivity contribution is 5.87. The van der Waals surface area contributed by atoms with Gasteiger partial charge in [-0.3, -0.25) is 14.4 Å². The van der Waals surface area contributed by atoms with Crippen LogP contribution < -0.4 is 21.7 Å². The van der Waals surface area contributed by atoms with Gasteiger partial charge >= 0.3 is 6.09 Å². The molecular formula is C15H26N4O6. The quantitative estimate of drug-likeness (QED) is 0.293. The molecule has 0 bridgehead atoms. The van der Waals surface area contributed by atoms with Gasteiger partial charge in [0.05, 0.1) is 6.04 Å². The Morgan fingerprint density at radius 2 is 1.96 bits per heavy atom. The van der Waals surface area contributed by atoms with Gasteiger partial charge in [-0.15, -0.1) is 0 Å². The van der Waals surface area contributed by atoms with Gasteiger partial charge in [0.25, 0.3) is 0 Å². The molecule has 1 rings (SSSR count). The molecule has 1 aliphatic rings. The fourth-order valence-electron chi connectivity index (χ4n) is 2.78. The predicted octanol–water partition coefficient (Wildman–Crippen LogP) is -1.47. The van der Waals surface area contributed by atoms with Crippen molar-refractivity contribution >= 4 is 23.8 Å². The van der Waals surface area contributed by atoms with E-state index in [4.69, 9.17) is 10.8 Å². The second kappa shape index (κ2) is 9.21. The zero-order valence-corrected chi connectivity index (χ0v) is 14.3. The van der Waals surface area contributed by atoms with Gasteiger partial charge in [-0.05, 0) is 25.2 Å². The number of hydrogen-bond donors (Lipinski definition) is 6. The van der Waals surface area contributed by atoms with Gasteiger partial charge in [0.1, 0.15) is 6.04 Å². The molecule has 1 aliphatic heterocycles. The summed E-state index contributed by atoms with van der Waals surface area (Å²) in [5.41, 5.74) is 5.11. The Morgan fingerprint density at radius 1 is 1.32 bits per heavy atom. The van der Waals surface area contributed by atoms with Crippen molar-refractivity contribution in [3.05, 3.63) is 0 Å². The van der Waals surface area contributed by atoms with E-state index in [-0.39, 0.29) is 24.7 Å². The smallest absolute Gasteiger partial charge is 0.405 e. The van der Waals surface area contributed by atoms with Gasteiger partial charge in [-0.1, -0.05) is 13.8 Å². The van der Waals surface area contributed by atoms with Gasteiger partial charge in [0.15, 0.2) is 6.10 Å². The molecule has 7 N–H and O–H groups in total. The van der Waals surface area contributed by atoms with E-state index in [0.29, 0.717) is 13.0 Å². The Labute approximate surface area is 145 Å². The van der Waals surface area contributed by atoms with Crippen LogP contribution in [0.5, 0.6) is 0 Å². The first-order valence-corrected chi connectivity index (χ1v) is 8.16. The Morgan fingerprint density at radius 3 is 2.40 bits per heavy atom. The number of nitrogens with two attached hydrogens (primary N) is 1. The number of rotatable bonds is 9.